The largest absolute Gasteiger partial charge is 0.464 e. The highest BCUT2D eigenvalue weighted by molar-refractivity contribution is 5.96. The number of aliphatic hydroxyl groups excluding tert-OH is 1. The second kappa shape index (κ2) is 18.4. The first-order valence-electron chi connectivity index (χ1n) is 22.8. The first kappa shape index (κ1) is 46.1. The van der Waals surface area contributed by atoms with E-state index < -0.39 is 53.2 Å². The van der Waals surface area contributed by atoms with Crippen molar-refractivity contribution in [1.82, 2.24) is 35.1 Å². The summed E-state index contributed by atoms with van der Waals surface area (Å²) in [5, 5.41) is 17.2. The minimum Gasteiger partial charge on any atom is -0.464 e. The molecule has 5 atom stereocenters. The van der Waals surface area contributed by atoms with Crippen LogP contribution in [0.4, 0.5) is 0 Å². The number of ether oxygens (including phenoxy) is 3. The number of carbonyl (C=O) groups is 4. The summed E-state index contributed by atoms with van der Waals surface area (Å²) in [7, 11) is 1.69. The number of hydrogen-bond acceptors (Lipinski definition) is 11. The van der Waals surface area contributed by atoms with Crippen LogP contribution < -0.4 is 10.7 Å². The van der Waals surface area contributed by atoms with Crippen LogP contribution >= 0.6 is 0 Å². The SMILES string of the molecule is C=CC(=O)N1CC2(C1)OCN([C@H](C(=O)N[C@H]1Cc3cccc(c3)-c3ccc4c(c3)c(c(-c3cccnc3[C@H](C)OC)n4CC)CC(C)(C)COC(=O)[C@@H]3CCCN(N3)C1=O)C(C)C)C2O. The molecule has 1 unspecified atom stereocenters. The molecule has 65 heavy (non-hydrogen) atoms. The van der Waals surface area contributed by atoms with Crippen LogP contribution in [0.1, 0.15) is 77.3 Å². The second-order valence-corrected chi connectivity index (χ2v) is 19.2. The molecule has 0 radical (unpaired) electrons. The third kappa shape index (κ3) is 8.84. The number of nitrogens with zero attached hydrogens (tertiary/aromatic N) is 5. The van der Waals surface area contributed by atoms with E-state index in [1.54, 1.807) is 18.2 Å². The molecule has 4 aromatic rings. The van der Waals surface area contributed by atoms with E-state index in [-0.39, 0.29) is 50.8 Å². The van der Waals surface area contributed by atoms with Gasteiger partial charge in [-0.05, 0) is 91.6 Å². The number of esters is 1. The zero-order chi connectivity index (χ0) is 46.4. The van der Waals surface area contributed by atoms with Gasteiger partial charge in [0.05, 0.1) is 43.2 Å². The van der Waals surface area contributed by atoms with Gasteiger partial charge in [0, 0.05) is 54.7 Å². The van der Waals surface area contributed by atoms with Crippen LogP contribution in [0.25, 0.3) is 33.3 Å². The smallest absolute Gasteiger partial charge is 0.324 e. The first-order valence-corrected chi connectivity index (χ1v) is 22.8. The summed E-state index contributed by atoms with van der Waals surface area (Å²) >= 11 is 0. The Morgan fingerprint density at radius 2 is 1.86 bits per heavy atom. The molecule has 3 amide bonds. The number of aromatic nitrogens is 2. The highest BCUT2D eigenvalue weighted by Gasteiger charge is 2.59. The number of hydrazine groups is 1. The number of methoxy groups -OCH3 is 1. The Morgan fingerprint density at radius 1 is 1.09 bits per heavy atom. The van der Waals surface area contributed by atoms with E-state index in [4.69, 9.17) is 19.2 Å². The molecule has 4 aliphatic rings. The van der Waals surface area contributed by atoms with Crippen molar-refractivity contribution >= 4 is 34.6 Å². The summed E-state index contributed by atoms with van der Waals surface area (Å²) in [6.45, 7) is 17.1. The number of rotatable bonds is 9. The molecule has 0 aliphatic carbocycles. The molecule has 3 saturated heterocycles. The Balaban J connectivity index is 1.18. The molecule has 6 heterocycles. The molecule has 6 bridgehead atoms. The van der Waals surface area contributed by atoms with E-state index in [2.05, 4.69) is 79.1 Å². The van der Waals surface area contributed by atoms with Crippen LogP contribution in [0.2, 0.25) is 0 Å². The molecule has 1 spiro atoms. The minimum atomic E-state index is -1.17. The van der Waals surface area contributed by atoms with Gasteiger partial charge < -0.3 is 34.1 Å². The number of carbonyl (C=O) groups excluding carboxylic acids is 4. The van der Waals surface area contributed by atoms with Crippen molar-refractivity contribution in [2.24, 2.45) is 11.3 Å². The summed E-state index contributed by atoms with van der Waals surface area (Å²) in [6, 6.07) is 15.9. The van der Waals surface area contributed by atoms with Crippen molar-refractivity contribution in [3.8, 4) is 22.4 Å². The topological polar surface area (TPSA) is 168 Å². The molecule has 2 aromatic heterocycles. The van der Waals surface area contributed by atoms with Crippen molar-refractivity contribution < 1.29 is 38.5 Å². The number of likely N-dealkylation sites (tertiary alicyclic amines) is 1. The summed E-state index contributed by atoms with van der Waals surface area (Å²) in [6.07, 6.45) is 3.36. The van der Waals surface area contributed by atoms with E-state index in [1.165, 1.54) is 16.0 Å². The highest BCUT2D eigenvalue weighted by atomic mass is 16.6. The molecule has 346 valence electrons. The Hall–Kier alpha value is -5.45. The van der Waals surface area contributed by atoms with Crippen LogP contribution in [0.3, 0.4) is 0 Å². The maximum absolute atomic E-state index is 14.7. The third-order valence-corrected chi connectivity index (χ3v) is 13.6. The van der Waals surface area contributed by atoms with Crippen molar-refractivity contribution in [3.63, 3.8) is 0 Å². The molecule has 15 nitrogen and oxygen atoms in total. The lowest BCUT2D eigenvalue weighted by atomic mass is 9.84. The number of fused-ring (bicyclic) bond motifs is 6. The molecule has 15 heteroatoms. The second-order valence-electron chi connectivity index (χ2n) is 19.2. The number of cyclic esters (lactones) is 1. The van der Waals surface area contributed by atoms with E-state index in [0.29, 0.717) is 32.4 Å². The van der Waals surface area contributed by atoms with Gasteiger partial charge in [0.25, 0.3) is 5.91 Å². The number of amides is 3. The predicted molar refractivity (Wildman–Crippen MR) is 246 cm³/mol. The highest BCUT2D eigenvalue weighted by Crippen LogP contribution is 2.42. The summed E-state index contributed by atoms with van der Waals surface area (Å²) in [5.41, 5.74) is 9.44. The third-order valence-electron chi connectivity index (χ3n) is 13.6. The Kier molecular flexibility index (Phi) is 13.1. The van der Waals surface area contributed by atoms with Gasteiger partial charge in [0.15, 0.2) is 0 Å². The summed E-state index contributed by atoms with van der Waals surface area (Å²) in [5.74, 6) is -1.84. The quantitative estimate of drug-likeness (QED) is 0.150. The van der Waals surface area contributed by atoms with Gasteiger partial charge in [-0.3, -0.25) is 29.2 Å². The van der Waals surface area contributed by atoms with E-state index in [0.717, 1.165) is 50.1 Å². The average Bonchev–Trinajstić information content (AvgIpc) is 3.79. The Morgan fingerprint density at radius 3 is 2.58 bits per heavy atom. The summed E-state index contributed by atoms with van der Waals surface area (Å²) in [4.78, 5) is 63.4. The monoisotopic (exact) mass is 889 g/mol. The van der Waals surface area contributed by atoms with E-state index >= 15 is 0 Å². The van der Waals surface area contributed by atoms with Crippen LogP contribution in [0.5, 0.6) is 0 Å². The van der Waals surface area contributed by atoms with Crippen molar-refractivity contribution in [2.75, 3.05) is 40.1 Å². The lowest BCUT2D eigenvalue weighted by Gasteiger charge is -2.48. The van der Waals surface area contributed by atoms with Gasteiger partial charge in [-0.25, -0.2) is 10.3 Å². The molecule has 4 aliphatic heterocycles. The molecular formula is C50H63N7O8. The average molecular weight is 890 g/mol. The van der Waals surface area contributed by atoms with Crippen LogP contribution in [0.15, 0.2) is 73.4 Å². The fourth-order valence-corrected chi connectivity index (χ4v) is 10.1. The molecule has 8 rings (SSSR count). The Labute approximate surface area is 381 Å². The van der Waals surface area contributed by atoms with Crippen LogP contribution in [-0.2, 0) is 52.8 Å². The van der Waals surface area contributed by atoms with Crippen molar-refractivity contribution in [1.29, 1.82) is 0 Å². The molecule has 2 aromatic carbocycles. The summed E-state index contributed by atoms with van der Waals surface area (Å²) < 4.78 is 20.4. The fraction of sp³-hybridized carbons (Fsp3) is 0.500. The number of aryl methyl sites for hydroxylation is 1. The van der Waals surface area contributed by atoms with Crippen LogP contribution in [0, 0.1) is 11.3 Å². The zero-order valence-electron chi connectivity index (χ0n) is 38.6. The van der Waals surface area contributed by atoms with Gasteiger partial charge in [-0.2, -0.15) is 0 Å². The standard InChI is InChI=1S/C50H63N7O8/c1-9-41(58)54-26-50(27-54)48(62)56(29-65-50)43(30(3)4)45(59)52-39-23-32-14-11-15-33(22-32)34-18-19-40-36(24-34)37(44(55(40)10-2)35-16-12-20-51-42(35)31(5)63-8)25-49(6,7)28-64-47(61)38-17-13-21-57(53-38)46(39)60/h9,11-12,14-16,18-20,22,24,30-31,38-39,43,48,53,62H,1,10,13,17,21,23,25-29H2,2-8H3,(H,52,59)/t31-,38-,39-,43-,48?/m0/s1. The lowest BCUT2D eigenvalue weighted by Crippen LogP contribution is -2.70. The molecule has 3 N–H and O–H groups in total. The maximum Gasteiger partial charge on any atom is 0.324 e. The number of pyridine rings is 1. The van der Waals surface area contributed by atoms with Gasteiger partial charge >= 0.3 is 5.97 Å². The van der Waals surface area contributed by atoms with Gasteiger partial charge in [0.1, 0.15) is 30.6 Å². The van der Waals surface area contributed by atoms with Gasteiger partial charge in [-0.1, -0.05) is 64.6 Å². The fourth-order valence-electron chi connectivity index (χ4n) is 10.1. The predicted octanol–water partition coefficient (Wildman–Crippen LogP) is 5.15. The molecular weight excluding hydrogens is 827 g/mol. The van der Waals surface area contributed by atoms with Crippen LogP contribution in [-0.4, -0.2) is 123 Å². The minimum absolute atomic E-state index is 0.0344. The van der Waals surface area contributed by atoms with E-state index in [1.807, 2.05) is 39.0 Å². The maximum atomic E-state index is 14.7. The number of benzene rings is 2. The molecule has 0 saturated carbocycles. The number of hydrogen-bond donors (Lipinski definition) is 3. The normalized spacial score (nSPS) is 23.2. The lowest BCUT2D eigenvalue weighted by molar-refractivity contribution is -0.174. The van der Waals surface area contributed by atoms with E-state index in [9.17, 15) is 24.3 Å². The van der Waals surface area contributed by atoms with Crippen molar-refractivity contribution in [2.45, 2.75) is 110 Å². The number of nitrogens with one attached hydrogen (secondary N) is 2. The number of aliphatic hydroxyl groups is 1. The molecule has 3 fully saturated rings. The van der Waals surface area contributed by atoms with Crippen molar-refractivity contribution in [3.05, 3.63) is 90.3 Å². The van der Waals surface area contributed by atoms with Gasteiger partial charge in [0.2, 0.25) is 11.8 Å². The Bertz CT molecular complexity index is 2480. The zero-order valence-corrected chi connectivity index (χ0v) is 38.6. The first-order chi connectivity index (χ1) is 31.1. The van der Waals surface area contributed by atoms with Gasteiger partial charge in [-0.15, -0.1) is 0 Å².